The Labute approximate surface area is 166 Å². The number of carbonyl (C=O) groups excluding carboxylic acids is 1. The average Bonchev–Trinajstić information content (AvgIpc) is 3.39. The number of para-hydroxylation sites is 2. The van der Waals surface area contributed by atoms with Crippen LogP contribution in [0.15, 0.2) is 59.4 Å². The third-order valence-electron chi connectivity index (χ3n) is 4.43. The van der Waals surface area contributed by atoms with Crippen molar-refractivity contribution in [3.63, 3.8) is 0 Å². The van der Waals surface area contributed by atoms with E-state index in [0.29, 0.717) is 23.0 Å². The van der Waals surface area contributed by atoms with E-state index in [2.05, 4.69) is 10.1 Å². The molecule has 8 heteroatoms. The van der Waals surface area contributed by atoms with E-state index in [1.165, 1.54) is 0 Å². The van der Waals surface area contributed by atoms with E-state index in [9.17, 15) is 4.79 Å². The van der Waals surface area contributed by atoms with Gasteiger partial charge in [-0.3, -0.25) is 4.79 Å². The van der Waals surface area contributed by atoms with Crippen LogP contribution in [0.25, 0.3) is 22.4 Å². The van der Waals surface area contributed by atoms with Gasteiger partial charge in [0.1, 0.15) is 18.8 Å². The molecule has 0 spiro atoms. The highest BCUT2D eigenvalue weighted by Crippen LogP contribution is 2.32. The Kier molecular flexibility index (Phi) is 5.15. The smallest absolute Gasteiger partial charge is 0.326 e. The van der Waals surface area contributed by atoms with Gasteiger partial charge < -0.3 is 23.3 Å². The number of aromatic nitrogens is 3. The van der Waals surface area contributed by atoms with Crippen LogP contribution < -0.4 is 9.47 Å². The van der Waals surface area contributed by atoms with Gasteiger partial charge in [0.15, 0.2) is 17.3 Å². The van der Waals surface area contributed by atoms with Crippen LogP contribution in [-0.4, -0.2) is 34.9 Å². The van der Waals surface area contributed by atoms with E-state index in [4.69, 9.17) is 18.7 Å². The molecule has 0 aliphatic heterocycles. The Bertz CT molecular complexity index is 1150. The van der Waals surface area contributed by atoms with Gasteiger partial charge in [-0.25, -0.2) is 4.98 Å². The Balaban J connectivity index is 1.40. The van der Waals surface area contributed by atoms with Crippen LogP contribution in [0.1, 0.15) is 5.69 Å². The fourth-order valence-corrected chi connectivity index (χ4v) is 2.98. The van der Waals surface area contributed by atoms with Crippen LogP contribution in [0.5, 0.6) is 11.5 Å². The van der Waals surface area contributed by atoms with Crippen LogP contribution >= 0.6 is 0 Å². The zero-order valence-corrected chi connectivity index (χ0v) is 16.0. The summed E-state index contributed by atoms with van der Waals surface area (Å²) in [5.74, 6) is 1.36. The molecule has 0 bridgehead atoms. The topological polar surface area (TPSA) is 88.6 Å². The SMILES string of the molecule is COc1ccc(-c2cc(COC(=O)Cn3cnc4ccccc43)no2)cc1OC. The summed E-state index contributed by atoms with van der Waals surface area (Å²) in [6.07, 6.45) is 1.62. The zero-order chi connectivity index (χ0) is 20.2. The summed E-state index contributed by atoms with van der Waals surface area (Å²) >= 11 is 0. The molecule has 2 aromatic carbocycles. The molecule has 8 nitrogen and oxygen atoms in total. The van der Waals surface area contributed by atoms with Gasteiger partial charge >= 0.3 is 5.97 Å². The van der Waals surface area contributed by atoms with E-state index in [-0.39, 0.29) is 19.1 Å². The summed E-state index contributed by atoms with van der Waals surface area (Å²) in [5.41, 5.74) is 2.99. The lowest BCUT2D eigenvalue weighted by molar-refractivity contribution is -0.145. The maximum atomic E-state index is 12.2. The highest BCUT2D eigenvalue weighted by Gasteiger charge is 2.13. The maximum Gasteiger partial charge on any atom is 0.326 e. The molecule has 0 fully saturated rings. The number of imidazole rings is 1. The first-order chi connectivity index (χ1) is 14.2. The van der Waals surface area contributed by atoms with E-state index in [1.807, 2.05) is 30.3 Å². The first kappa shape index (κ1) is 18.5. The third kappa shape index (κ3) is 3.91. The number of rotatable bonds is 7. The minimum absolute atomic E-state index is 0.0161. The molecule has 0 atom stereocenters. The molecule has 4 aromatic rings. The lowest BCUT2D eigenvalue weighted by Crippen LogP contribution is -2.12. The minimum Gasteiger partial charge on any atom is -0.493 e. The van der Waals surface area contributed by atoms with E-state index >= 15 is 0 Å². The van der Waals surface area contributed by atoms with Gasteiger partial charge in [-0.15, -0.1) is 0 Å². The van der Waals surface area contributed by atoms with Gasteiger partial charge in [-0.1, -0.05) is 17.3 Å². The van der Waals surface area contributed by atoms with Crippen molar-refractivity contribution in [1.29, 1.82) is 0 Å². The zero-order valence-electron chi connectivity index (χ0n) is 16.0. The molecule has 29 heavy (non-hydrogen) atoms. The number of benzene rings is 2. The van der Waals surface area contributed by atoms with Crippen molar-refractivity contribution >= 4 is 17.0 Å². The molecular weight excluding hydrogens is 374 g/mol. The number of fused-ring (bicyclic) bond motifs is 1. The van der Waals surface area contributed by atoms with Crippen molar-refractivity contribution < 1.29 is 23.5 Å². The second-order valence-corrected chi connectivity index (χ2v) is 6.27. The quantitative estimate of drug-likeness (QED) is 0.444. The van der Waals surface area contributed by atoms with Crippen molar-refractivity contribution in [3.8, 4) is 22.8 Å². The number of carbonyl (C=O) groups is 1. The molecule has 148 valence electrons. The first-order valence-electron chi connectivity index (χ1n) is 8.91. The van der Waals surface area contributed by atoms with Crippen LogP contribution in [-0.2, 0) is 22.7 Å². The lowest BCUT2D eigenvalue weighted by Gasteiger charge is -2.07. The largest absolute Gasteiger partial charge is 0.493 e. The van der Waals surface area contributed by atoms with Crippen LogP contribution in [0.3, 0.4) is 0 Å². The Morgan fingerprint density at radius 1 is 1.07 bits per heavy atom. The molecule has 2 heterocycles. The van der Waals surface area contributed by atoms with E-state index in [1.54, 1.807) is 43.3 Å². The highest BCUT2D eigenvalue weighted by molar-refractivity contribution is 5.78. The molecule has 0 saturated carbocycles. The van der Waals surface area contributed by atoms with Crippen molar-refractivity contribution in [3.05, 3.63) is 60.6 Å². The van der Waals surface area contributed by atoms with Crippen molar-refractivity contribution in [1.82, 2.24) is 14.7 Å². The molecule has 0 saturated heterocycles. The Morgan fingerprint density at radius 2 is 1.90 bits per heavy atom. The number of nitrogens with zero attached hydrogens (tertiary/aromatic N) is 3. The normalized spacial score (nSPS) is 10.8. The third-order valence-corrected chi connectivity index (χ3v) is 4.43. The first-order valence-corrected chi connectivity index (χ1v) is 8.91. The molecular formula is C21H19N3O5. The van der Waals surface area contributed by atoms with E-state index < -0.39 is 0 Å². The summed E-state index contributed by atoms with van der Waals surface area (Å²) in [4.78, 5) is 16.5. The second-order valence-electron chi connectivity index (χ2n) is 6.27. The monoisotopic (exact) mass is 393 g/mol. The molecule has 0 N–H and O–H groups in total. The predicted molar refractivity (Wildman–Crippen MR) is 105 cm³/mol. The summed E-state index contributed by atoms with van der Waals surface area (Å²) in [6.45, 7) is 0.0865. The van der Waals surface area contributed by atoms with E-state index in [0.717, 1.165) is 16.6 Å². The molecule has 4 rings (SSSR count). The summed E-state index contributed by atoms with van der Waals surface area (Å²) in [6, 6.07) is 14.7. The van der Waals surface area contributed by atoms with Gasteiger partial charge in [0, 0.05) is 11.6 Å². The average molecular weight is 393 g/mol. The summed E-state index contributed by atoms with van der Waals surface area (Å²) in [5, 5.41) is 3.97. The summed E-state index contributed by atoms with van der Waals surface area (Å²) in [7, 11) is 3.14. The Hall–Kier alpha value is -3.81. The molecule has 0 radical (unpaired) electrons. The van der Waals surface area contributed by atoms with Crippen molar-refractivity contribution in [2.45, 2.75) is 13.2 Å². The second kappa shape index (κ2) is 8.05. The Morgan fingerprint density at radius 3 is 2.72 bits per heavy atom. The van der Waals surface area contributed by atoms with Crippen molar-refractivity contribution in [2.24, 2.45) is 0 Å². The fourth-order valence-electron chi connectivity index (χ4n) is 2.98. The van der Waals surface area contributed by atoms with Crippen LogP contribution in [0.2, 0.25) is 0 Å². The number of methoxy groups -OCH3 is 2. The van der Waals surface area contributed by atoms with Gasteiger partial charge in [0.2, 0.25) is 0 Å². The van der Waals surface area contributed by atoms with Crippen LogP contribution in [0.4, 0.5) is 0 Å². The predicted octanol–water partition coefficient (Wildman–Crippen LogP) is 3.45. The fraction of sp³-hybridized carbons (Fsp3) is 0.190. The number of hydrogen-bond acceptors (Lipinski definition) is 7. The maximum absolute atomic E-state index is 12.2. The molecule has 0 aliphatic rings. The van der Waals surface area contributed by atoms with Gasteiger partial charge in [-0.05, 0) is 30.3 Å². The standard InChI is InChI=1S/C21H19N3O5/c1-26-18-8-7-14(9-20(18)27-2)19-10-15(23-29-19)12-28-21(25)11-24-13-22-16-5-3-4-6-17(16)24/h3-10,13H,11-12H2,1-2H3. The summed E-state index contributed by atoms with van der Waals surface area (Å²) < 4.78 is 23.0. The highest BCUT2D eigenvalue weighted by atomic mass is 16.5. The van der Waals surface area contributed by atoms with Gasteiger partial charge in [0.05, 0.1) is 31.6 Å². The number of hydrogen-bond donors (Lipinski definition) is 0. The molecule has 0 amide bonds. The lowest BCUT2D eigenvalue weighted by atomic mass is 10.1. The minimum atomic E-state index is -0.385. The number of esters is 1. The van der Waals surface area contributed by atoms with Gasteiger partial charge in [-0.2, -0.15) is 0 Å². The molecule has 0 unspecified atom stereocenters. The number of ether oxygens (including phenoxy) is 3. The van der Waals surface area contributed by atoms with Crippen LogP contribution in [0, 0.1) is 0 Å². The van der Waals surface area contributed by atoms with Gasteiger partial charge in [0.25, 0.3) is 0 Å². The molecule has 2 aromatic heterocycles. The molecule has 0 aliphatic carbocycles. The van der Waals surface area contributed by atoms with Crippen molar-refractivity contribution in [2.75, 3.05) is 14.2 Å².